The van der Waals surface area contributed by atoms with E-state index >= 15 is 0 Å². The van der Waals surface area contributed by atoms with Gasteiger partial charge in [-0.2, -0.15) is 0 Å². The lowest BCUT2D eigenvalue weighted by molar-refractivity contribution is 0.569. The van der Waals surface area contributed by atoms with Gasteiger partial charge in [0, 0.05) is 16.6 Å². The molecular formula is C17H20BrNO. The highest BCUT2D eigenvalue weighted by molar-refractivity contribution is 9.10. The summed E-state index contributed by atoms with van der Waals surface area (Å²) < 4.78 is 6.99. The number of nitrogens with one attached hydrogen (secondary N) is 1. The van der Waals surface area contributed by atoms with Crippen LogP contribution in [-0.4, -0.2) is 13.6 Å². The summed E-state index contributed by atoms with van der Waals surface area (Å²) in [6.45, 7) is 5.27. The monoisotopic (exact) mass is 333 g/mol. The third-order valence-corrected chi connectivity index (χ3v) is 3.73. The molecule has 1 N–H and O–H groups in total. The first-order valence-electron chi connectivity index (χ1n) is 6.81. The molecule has 1 heterocycles. The molecule has 0 saturated heterocycles. The molecule has 0 amide bonds. The minimum absolute atomic E-state index is 0.503. The van der Waals surface area contributed by atoms with E-state index in [-0.39, 0.29) is 0 Å². The van der Waals surface area contributed by atoms with E-state index < -0.39 is 0 Å². The maximum absolute atomic E-state index is 5.92. The van der Waals surface area contributed by atoms with Gasteiger partial charge in [-0.25, -0.2) is 0 Å². The molecule has 3 heteroatoms. The molecule has 0 atom stereocenters. The van der Waals surface area contributed by atoms with Crippen LogP contribution < -0.4 is 5.32 Å². The summed E-state index contributed by atoms with van der Waals surface area (Å²) in [5.41, 5.74) is 2.43. The SMILES string of the molecule is CNCC(=Cc1ccc(-c2ccc(Br)cc2)o1)C(C)C. The minimum atomic E-state index is 0.503. The van der Waals surface area contributed by atoms with Crippen LogP contribution in [0.4, 0.5) is 0 Å². The molecule has 2 aromatic rings. The lowest BCUT2D eigenvalue weighted by Gasteiger charge is -2.09. The molecular weight excluding hydrogens is 314 g/mol. The summed E-state index contributed by atoms with van der Waals surface area (Å²) in [7, 11) is 1.96. The number of hydrogen-bond acceptors (Lipinski definition) is 2. The third kappa shape index (κ3) is 3.84. The number of rotatable bonds is 5. The molecule has 0 unspecified atom stereocenters. The first-order valence-corrected chi connectivity index (χ1v) is 7.60. The van der Waals surface area contributed by atoms with Gasteiger partial charge >= 0.3 is 0 Å². The van der Waals surface area contributed by atoms with Crippen molar-refractivity contribution in [2.45, 2.75) is 13.8 Å². The van der Waals surface area contributed by atoms with Crippen LogP contribution in [0.15, 0.2) is 50.9 Å². The van der Waals surface area contributed by atoms with Crippen LogP contribution >= 0.6 is 15.9 Å². The van der Waals surface area contributed by atoms with Gasteiger partial charge in [-0.3, -0.25) is 0 Å². The largest absolute Gasteiger partial charge is 0.457 e. The Balaban J connectivity index is 2.24. The standard InChI is InChI=1S/C17H20BrNO/c1-12(2)14(11-19-3)10-16-8-9-17(20-16)13-4-6-15(18)7-5-13/h4-10,12,19H,11H2,1-3H3. The summed E-state index contributed by atoms with van der Waals surface area (Å²) in [4.78, 5) is 0. The highest BCUT2D eigenvalue weighted by Gasteiger charge is 2.06. The van der Waals surface area contributed by atoms with E-state index in [0.717, 1.165) is 28.1 Å². The second-order valence-corrected chi connectivity index (χ2v) is 6.03. The van der Waals surface area contributed by atoms with E-state index in [9.17, 15) is 0 Å². The smallest absolute Gasteiger partial charge is 0.134 e. The van der Waals surface area contributed by atoms with Crippen molar-refractivity contribution in [2.24, 2.45) is 5.92 Å². The van der Waals surface area contributed by atoms with Gasteiger partial charge in [-0.1, -0.05) is 47.5 Å². The summed E-state index contributed by atoms with van der Waals surface area (Å²) in [6, 6.07) is 12.2. The van der Waals surface area contributed by atoms with Gasteiger partial charge in [0.25, 0.3) is 0 Å². The van der Waals surface area contributed by atoms with E-state index in [1.54, 1.807) is 0 Å². The van der Waals surface area contributed by atoms with Crippen LogP contribution in [0.2, 0.25) is 0 Å². The fourth-order valence-corrected chi connectivity index (χ4v) is 2.27. The molecule has 20 heavy (non-hydrogen) atoms. The van der Waals surface area contributed by atoms with Gasteiger partial charge in [-0.15, -0.1) is 0 Å². The fraction of sp³-hybridized carbons (Fsp3) is 0.294. The van der Waals surface area contributed by atoms with Crippen molar-refractivity contribution in [3.05, 3.63) is 52.2 Å². The zero-order valence-corrected chi connectivity index (χ0v) is 13.7. The van der Waals surface area contributed by atoms with Crippen molar-refractivity contribution >= 4 is 22.0 Å². The molecule has 106 valence electrons. The fourth-order valence-electron chi connectivity index (χ4n) is 2.01. The second kappa shape index (κ2) is 6.91. The maximum atomic E-state index is 5.92. The Morgan fingerprint density at radius 3 is 2.50 bits per heavy atom. The van der Waals surface area contributed by atoms with Crippen LogP contribution in [0.25, 0.3) is 17.4 Å². The van der Waals surface area contributed by atoms with Crippen molar-refractivity contribution < 1.29 is 4.42 Å². The van der Waals surface area contributed by atoms with E-state index in [1.807, 2.05) is 43.4 Å². The zero-order valence-electron chi connectivity index (χ0n) is 12.1. The summed E-state index contributed by atoms with van der Waals surface area (Å²) in [6.07, 6.45) is 2.13. The second-order valence-electron chi connectivity index (χ2n) is 5.11. The number of likely N-dealkylation sites (N-methyl/N-ethyl adjacent to an activating group) is 1. The van der Waals surface area contributed by atoms with E-state index in [2.05, 4.69) is 41.2 Å². The maximum Gasteiger partial charge on any atom is 0.134 e. The molecule has 0 aliphatic carbocycles. The van der Waals surface area contributed by atoms with Crippen molar-refractivity contribution in [3.63, 3.8) is 0 Å². The number of furan rings is 1. The Hall–Kier alpha value is -1.32. The number of benzene rings is 1. The quantitative estimate of drug-likeness (QED) is 0.835. The molecule has 0 radical (unpaired) electrons. The predicted octanol–water partition coefficient (Wildman–Crippen LogP) is 4.97. The van der Waals surface area contributed by atoms with E-state index in [1.165, 1.54) is 5.57 Å². The van der Waals surface area contributed by atoms with E-state index in [0.29, 0.717) is 5.92 Å². The van der Waals surface area contributed by atoms with Gasteiger partial charge in [0.1, 0.15) is 11.5 Å². The highest BCUT2D eigenvalue weighted by atomic mass is 79.9. The van der Waals surface area contributed by atoms with Crippen molar-refractivity contribution in [2.75, 3.05) is 13.6 Å². The van der Waals surface area contributed by atoms with Gasteiger partial charge in [0.05, 0.1) is 0 Å². The average molecular weight is 334 g/mol. The first kappa shape index (κ1) is 15.1. The molecule has 0 aliphatic rings. The first-order chi connectivity index (χ1) is 9.60. The van der Waals surface area contributed by atoms with Crippen LogP contribution in [0.5, 0.6) is 0 Å². The lowest BCUT2D eigenvalue weighted by Crippen LogP contribution is -2.13. The van der Waals surface area contributed by atoms with Crippen molar-refractivity contribution in [1.82, 2.24) is 5.32 Å². The predicted molar refractivity (Wildman–Crippen MR) is 88.6 cm³/mol. The van der Waals surface area contributed by atoms with Gasteiger partial charge < -0.3 is 9.73 Å². The Morgan fingerprint density at radius 1 is 1.20 bits per heavy atom. The Morgan fingerprint density at radius 2 is 1.90 bits per heavy atom. The molecule has 0 aliphatic heterocycles. The normalized spacial score (nSPS) is 12.2. The third-order valence-electron chi connectivity index (χ3n) is 3.21. The Kier molecular flexibility index (Phi) is 5.21. The molecule has 1 aromatic heterocycles. The molecule has 0 bridgehead atoms. The molecule has 0 saturated carbocycles. The molecule has 0 fully saturated rings. The molecule has 0 spiro atoms. The summed E-state index contributed by atoms with van der Waals surface area (Å²) in [5, 5.41) is 3.20. The topological polar surface area (TPSA) is 25.2 Å². The highest BCUT2D eigenvalue weighted by Crippen LogP contribution is 2.25. The van der Waals surface area contributed by atoms with Crippen LogP contribution in [0.1, 0.15) is 19.6 Å². The van der Waals surface area contributed by atoms with Crippen molar-refractivity contribution in [3.8, 4) is 11.3 Å². The summed E-state index contributed by atoms with van der Waals surface area (Å²) >= 11 is 3.44. The molecule has 2 rings (SSSR count). The van der Waals surface area contributed by atoms with Gasteiger partial charge in [-0.05, 0) is 43.3 Å². The zero-order chi connectivity index (χ0) is 14.5. The molecule has 2 nitrogen and oxygen atoms in total. The number of halogens is 1. The van der Waals surface area contributed by atoms with E-state index in [4.69, 9.17) is 4.42 Å². The molecule has 1 aromatic carbocycles. The average Bonchev–Trinajstić information content (AvgIpc) is 2.87. The Labute approximate surface area is 129 Å². The van der Waals surface area contributed by atoms with Crippen LogP contribution in [0.3, 0.4) is 0 Å². The Bertz CT molecular complexity index is 581. The van der Waals surface area contributed by atoms with Crippen LogP contribution in [0, 0.1) is 5.92 Å². The summed E-state index contributed by atoms with van der Waals surface area (Å²) in [5.74, 6) is 2.31. The van der Waals surface area contributed by atoms with Crippen LogP contribution in [-0.2, 0) is 0 Å². The number of hydrogen-bond donors (Lipinski definition) is 1. The minimum Gasteiger partial charge on any atom is -0.457 e. The lowest BCUT2D eigenvalue weighted by atomic mass is 10.0. The van der Waals surface area contributed by atoms with Crippen molar-refractivity contribution in [1.29, 1.82) is 0 Å². The van der Waals surface area contributed by atoms with Gasteiger partial charge in [0.15, 0.2) is 0 Å². The van der Waals surface area contributed by atoms with Gasteiger partial charge in [0.2, 0.25) is 0 Å².